The first-order valence-electron chi connectivity index (χ1n) is 10.4. The molecule has 4 aliphatic rings. The first-order chi connectivity index (χ1) is 11.8. The van der Waals surface area contributed by atoms with E-state index in [0.29, 0.717) is 41.4 Å². The molecule has 0 aliphatic heterocycles. The first-order valence-corrected chi connectivity index (χ1v) is 11.5. The molecule has 0 unspecified atom stereocenters. The van der Waals surface area contributed by atoms with Crippen molar-refractivity contribution in [2.75, 3.05) is 5.33 Å². The Morgan fingerprint density at radius 3 is 2.48 bits per heavy atom. The van der Waals surface area contributed by atoms with E-state index in [2.05, 4.69) is 29.4 Å². The zero-order valence-corrected chi connectivity index (χ0v) is 17.4. The fraction of sp³-hybridized carbons (Fsp3) is 0.909. The summed E-state index contributed by atoms with van der Waals surface area (Å²) in [5.74, 6) is 3.16. The summed E-state index contributed by atoms with van der Waals surface area (Å²) in [6, 6.07) is 0. The minimum atomic E-state index is -0.709. The van der Waals surface area contributed by atoms with Crippen molar-refractivity contribution in [2.45, 2.75) is 77.0 Å². The van der Waals surface area contributed by atoms with Gasteiger partial charge in [0.1, 0.15) is 6.17 Å². The van der Waals surface area contributed by atoms with Gasteiger partial charge in [-0.05, 0) is 99.2 Å². The zero-order chi connectivity index (χ0) is 18.0. The van der Waals surface area contributed by atoms with Crippen LogP contribution in [0.1, 0.15) is 65.2 Å². The van der Waals surface area contributed by atoms with Crippen molar-refractivity contribution in [3.05, 3.63) is 12.2 Å². The second-order valence-electron chi connectivity index (χ2n) is 10.2. The molecule has 0 aromatic carbocycles. The lowest BCUT2D eigenvalue weighted by atomic mass is 9.48. The van der Waals surface area contributed by atoms with E-state index < -0.39 is 11.8 Å². The molecule has 4 aliphatic carbocycles. The summed E-state index contributed by atoms with van der Waals surface area (Å²) < 4.78 is 15.2. The number of hydrogen-bond acceptors (Lipinski definition) is 1. The molecule has 0 aromatic rings. The molecular formula is C22H34BrFO. The van der Waals surface area contributed by atoms with Crippen molar-refractivity contribution in [2.24, 2.45) is 40.9 Å². The molecule has 0 amide bonds. The maximum atomic E-state index is 15.2. The quantitative estimate of drug-likeness (QED) is 0.441. The second kappa shape index (κ2) is 6.33. The lowest BCUT2D eigenvalue weighted by Crippen LogP contribution is -2.54. The van der Waals surface area contributed by atoms with Crippen LogP contribution in [-0.2, 0) is 0 Å². The molecule has 0 heterocycles. The van der Waals surface area contributed by atoms with Gasteiger partial charge in [0.2, 0.25) is 0 Å². The molecule has 0 bridgehead atoms. The van der Waals surface area contributed by atoms with E-state index in [1.165, 1.54) is 31.3 Å². The molecule has 4 saturated carbocycles. The molecule has 1 nitrogen and oxygen atoms in total. The van der Waals surface area contributed by atoms with Gasteiger partial charge in [-0.1, -0.05) is 35.0 Å². The fourth-order valence-electron chi connectivity index (χ4n) is 7.77. The SMILES string of the molecule is C=C(CBr)[C@H]1CC[C@H]2[C@@H]3C[C@@H](F)[C@@H]4C[C@](C)(O)CC[C@@H]4[C@H]3CC[C@]12C. The van der Waals surface area contributed by atoms with Gasteiger partial charge >= 0.3 is 0 Å². The van der Waals surface area contributed by atoms with Crippen LogP contribution in [0.2, 0.25) is 0 Å². The minimum Gasteiger partial charge on any atom is -0.390 e. The fourth-order valence-corrected chi connectivity index (χ4v) is 8.16. The Bertz CT molecular complexity index is 546. The van der Waals surface area contributed by atoms with Gasteiger partial charge in [0.15, 0.2) is 0 Å². The van der Waals surface area contributed by atoms with Gasteiger partial charge < -0.3 is 5.11 Å². The summed E-state index contributed by atoms with van der Waals surface area (Å²) in [7, 11) is 0. The van der Waals surface area contributed by atoms with Crippen LogP contribution in [0.4, 0.5) is 4.39 Å². The van der Waals surface area contributed by atoms with E-state index in [4.69, 9.17) is 0 Å². The van der Waals surface area contributed by atoms with Gasteiger partial charge in [-0.15, -0.1) is 0 Å². The topological polar surface area (TPSA) is 20.2 Å². The van der Waals surface area contributed by atoms with Crippen LogP contribution in [-0.4, -0.2) is 22.2 Å². The third kappa shape index (κ3) is 2.87. The highest BCUT2D eigenvalue weighted by atomic mass is 79.9. The van der Waals surface area contributed by atoms with Gasteiger partial charge in [-0.2, -0.15) is 0 Å². The monoisotopic (exact) mass is 412 g/mol. The minimum absolute atomic E-state index is 0.101. The Balaban J connectivity index is 1.58. The van der Waals surface area contributed by atoms with Crippen molar-refractivity contribution in [1.29, 1.82) is 0 Å². The number of alkyl halides is 2. The van der Waals surface area contributed by atoms with Gasteiger partial charge in [0.05, 0.1) is 5.60 Å². The third-order valence-electron chi connectivity index (χ3n) is 8.91. The van der Waals surface area contributed by atoms with Gasteiger partial charge in [-0.25, -0.2) is 4.39 Å². The Kier molecular flexibility index (Phi) is 4.68. The summed E-state index contributed by atoms with van der Waals surface area (Å²) in [6.45, 7) is 8.73. The Labute approximate surface area is 161 Å². The number of hydrogen-bond donors (Lipinski definition) is 1. The van der Waals surface area contributed by atoms with E-state index in [0.717, 1.165) is 24.6 Å². The number of fused-ring (bicyclic) bond motifs is 5. The van der Waals surface area contributed by atoms with Crippen molar-refractivity contribution in [3.8, 4) is 0 Å². The largest absolute Gasteiger partial charge is 0.390 e. The summed E-state index contributed by atoms with van der Waals surface area (Å²) in [4.78, 5) is 0. The number of rotatable bonds is 2. The highest BCUT2D eigenvalue weighted by molar-refractivity contribution is 9.09. The summed E-state index contributed by atoms with van der Waals surface area (Å²) >= 11 is 3.62. The van der Waals surface area contributed by atoms with Crippen molar-refractivity contribution >= 4 is 15.9 Å². The summed E-state index contributed by atoms with van der Waals surface area (Å²) in [5, 5.41) is 11.4. The molecule has 4 rings (SSSR count). The number of halogens is 2. The van der Waals surface area contributed by atoms with Crippen LogP contribution in [0.15, 0.2) is 12.2 Å². The van der Waals surface area contributed by atoms with Crippen molar-refractivity contribution in [1.82, 2.24) is 0 Å². The van der Waals surface area contributed by atoms with Crippen LogP contribution in [0.25, 0.3) is 0 Å². The maximum absolute atomic E-state index is 15.2. The standard InChI is InChI=1S/C22H34BrFO/c1-13(12-23)18-4-5-19-16-10-20(24)17-11-21(2,25)8-6-15(17)14(16)7-9-22(18,19)3/h14-20,25H,1,4-12H2,2-3H3/t14-,15-,16-,17-,18-,19+,20-,21-,22-/m1/s1. The van der Waals surface area contributed by atoms with Crippen LogP contribution in [0.5, 0.6) is 0 Å². The third-order valence-corrected chi connectivity index (χ3v) is 9.63. The van der Waals surface area contributed by atoms with Gasteiger partial charge in [0.25, 0.3) is 0 Å². The molecule has 9 atom stereocenters. The van der Waals surface area contributed by atoms with E-state index in [1.54, 1.807) is 0 Å². The Hall–Kier alpha value is 0.110. The summed E-state index contributed by atoms with van der Waals surface area (Å²) in [6.07, 6.45) is 7.65. The predicted octanol–water partition coefficient (Wildman–Crippen LogP) is 5.91. The average molecular weight is 413 g/mol. The molecule has 0 spiro atoms. The highest BCUT2D eigenvalue weighted by Gasteiger charge is 2.59. The molecule has 0 saturated heterocycles. The normalized spacial score (nSPS) is 55.2. The van der Waals surface area contributed by atoms with Crippen LogP contribution < -0.4 is 0 Å². The Morgan fingerprint density at radius 1 is 1.08 bits per heavy atom. The molecule has 1 N–H and O–H groups in total. The highest BCUT2D eigenvalue weighted by Crippen LogP contribution is 2.65. The molecule has 4 fully saturated rings. The maximum Gasteiger partial charge on any atom is 0.104 e. The molecule has 0 radical (unpaired) electrons. The molecule has 142 valence electrons. The molecular weight excluding hydrogens is 379 g/mol. The first kappa shape index (κ1) is 18.5. The predicted molar refractivity (Wildman–Crippen MR) is 104 cm³/mol. The number of allylic oxidation sites excluding steroid dienone is 1. The van der Waals surface area contributed by atoms with E-state index in [-0.39, 0.29) is 5.92 Å². The summed E-state index contributed by atoms with van der Waals surface area (Å²) in [5.41, 5.74) is 1.04. The number of aliphatic hydroxyl groups is 1. The Morgan fingerprint density at radius 2 is 1.76 bits per heavy atom. The average Bonchev–Trinajstić information content (AvgIpc) is 2.91. The smallest absolute Gasteiger partial charge is 0.104 e. The second-order valence-corrected chi connectivity index (χ2v) is 10.8. The molecule has 3 heteroatoms. The van der Waals surface area contributed by atoms with E-state index >= 15 is 4.39 Å². The van der Waals surface area contributed by atoms with Crippen LogP contribution in [0.3, 0.4) is 0 Å². The zero-order valence-electron chi connectivity index (χ0n) is 15.8. The molecule has 0 aromatic heterocycles. The van der Waals surface area contributed by atoms with E-state index in [9.17, 15) is 5.11 Å². The van der Waals surface area contributed by atoms with Crippen LogP contribution in [0, 0.1) is 40.9 Å². The van der Waals surface area contributed by atoms with Crippen molar-refractivity contribution in [3.63, 3.8) is 0 Å². The lowest BCUT2D eigenvalue weighted by Gasteiger charge is -2.57. The van der Waals surface area contributed by atoms with Gasteiger partial charge in [0, 0.05) is 5.33 Å². The van der Waals surface area contributed by atoms with Crippen LogP contribution >= 0.6 is 15.9 Å². The van der Waals surface area contributed by atoms with Crippen molar-refractivity contribution < 1.29 is 9.50 Å². The van der Waals surface area contributed by atoms with Gasteiger partial charge in [-0.3, -0.25) is 0 Å². The molecule has 25 heavy (non-hydrogen) atoms. The van der Waals surface area contributed by atoms with E-state index in [1.807, 2.05) is 6.92 Å². The lowest BCUT2D eigenvalue weighted by molar-refractivity contribution is -0.125.